The molecule has 2 aromatic carbocycles. The van der Waals surface area contributed by atoms with E-state index in [0.717, 1.165) is 31.9 Å². The molecule has 0 unspecified atom stereocenters. The van der Waals surface area contributed by atoms with E-state index in [-0.39, 0.29) is 0 Å². The number of hydrogen-bond acceptors (Lipinski definition) is 1. The summed E-state index contributed by atoms with van der Waals surface area (Å²) in [6.07, 6.45) is 2.40. The molecule has 90 valence electrons. The van der Waals surface area contributed by atoms with Crippen molar-refractivity contribution in [2.24, 2.45) is 0 Å². The van der Waals surface area contributed by atoms with Crippen LogP contribution < -0.4 is 0 Å². The summed E-state index contributed by atoms with van der Waals surface area (Å²) in [5, 5.41) is 0. The van der Waals surface area contributed by atoms with Gasteiger partial charge in [-0.3, -0.25) is 4.79 Å². The van der Waals surface area contributed by atoms with E-state index in [0.29, 0.717) is 0 Å². The minimum Gasteiger partial charge on any atom is -0.299 e. The summed E-state index contributed by atoms with van der Waals surface area (Å²) in [5.41, 5.74) is 2.93. The Hall–Kier alpha value is -1.19. The fourth-order valence-corrected chi connectivity index (χ4v) is 2.54. The van der Waals surface area contributed by atoms with E-state index < -0.39 is 0 Å². The quantitative estimate of drug-likeness (QED) is 0.561. The van der Waals surface area contributed by atoms with Crippen molar-refractivity contribution in [2.45, 2.75) is 0 Å². The van der Waals surface area contributed by atoms with E-state index in [9.17, 15) is 4.79 Å². The summed E-state index contributed by atoms with van der Waals surface area (Å²) in [7, 11) is 0. The highest BCUT2D eigenvalue weighted by molar-refractivity contribution is 9.10. The predicted octanol–water partition coefficient (Wildman–Crippen LogP) is 4.84. The smallest absolute Gasteiger partial charge is 0.143 e. The van der Waals surface area contributed by atoms with Crippen LogP contribution in [0.1, 0.15) is 11.1 Å². The molecule has 0 spiro atoms. The Morgan fingerprint density at radius 3 is 1.78 bits per heavy atom. The molecule has 0 saturated carbocycles. The summed E-state index contributed by atoms with van der Waals surface area (Å²) in [6, 6.07) is 15.8. The lowest BCUT2D eigenvalue weighted by atomic mass is 9.98. The van der Waals surface area contributed by atoms with Crippen molar-refractivity contribution >= 4 is 43.7 Å². The summed E-state index contributed by atoms with van der Waals surface area (Å²) in [4.78, 5) is 10.8. The predicted molar refractivity (Wildman–Crippen MR) is 81.4 cm³/mol. The van der Waals surface area contributed by atoms with E-state index in [1.807, 2.05) is 48.5 Å². The van der Waals surface area contributed by atoms with Crippen LogP contribution in [-0.4, -0.2) is 6.29 Å². The monoisotopic (exact) mass is 364 g/mol. The molecule has 0 aromatic heterocycles. The summed E-state index contributed by atoms with van der Waals surface area (Å²) in [5.74, 6) is 0. The van der Waals surface area contributed by atoms with Gasteiger partial charge in [-0.2, -0.15) is 0 Å². The number of aldehydes is 1. The van der Waals surface area contributed by atoms with Gasteiger partial charge in [-0.15, -0.1) is 0 Å². The molecule has 2 aromatic rings. The van der Waals surface area contributed by atoms with E-state index in [1.54, 1.807) is 6.08 Å². The highest BCUT2D eigenvalue weighted by Gasteiger charge is 2.05. The standard InChI is InChI=1S/C15H10Br2O/c16-13-5-1-3-11(9-13)15(7-8-18)12-4-2-6-14(17)10-12/h1-10H. The van der Waals surface area contributed by atoms with Crippen molar-refractivity contribution < 1.29 is 4.79 Å². The van der Waals surface area contributed by atoms with Crippen LogP contribution in [0.4, 0.5) is 0 Å². The fraction of sp³-hybridized carbons (Fsp3) is 0. The molecular weight excluding hydrogens is 356 g/mol. The molecule has 0 amide bonds. The van der Waals surface area contributed by atoms with Gasteiger partial charge in [0.05, 0.1) is 0 Å². The topological polar surface area (TPSA) is 17.1 Å². The first-order valence-electron chi connectivity index (χ1n) is 5.38. The number of carbonyl (C=O) groups is 1. The zero-order valence-electron chi connectivity index (χ0n) is 9.44. The van der Waals surface area contributed by atoms with E-state index in [4.69, 9.17) is 0 Å². The highest BCUT2D eigenvalue weighted by Crippen LogP contribution is 2.27. The Kier molecular flexibility index (Phi) is 4.50. The van der Waals surface area contributed by atoms with Crippen molar-refractivity contribution in [3.63, 3.8) is 0 Å². The largest absolute Gasteiger partial charge is 0.299 e. The molecule has 1 nitrogen and oxygen atoms in total. The molecule has 0 heterocycles. The van der Waals surface area contributed by atoms with Gasteiger partial charge in [-0.1, -0.05) is 56.1 Å². The van der Waals surface area contributed by atoms with Crippen LogP contribution in [0.3, 0.4) is 0 Å². The summed E-state index contributed by atoms with van der Waals surface area (Å²) >= 11 is 6.89. The third kappa shape index (κ3) is 3.18. The van der Waals surface area contributed by atoms with Crippen LogP contribution in [0.5, 0.6) is 0 Å². The molecule has 0 atom stereocenters. The van der Waals surface area contributed by atoms with E-state index >= 15 is 0 Å². The lowest BCUT2D eigenvalue weighted by Gasteiger charge is -2.08. The van der Waals surface area contributed by atoms with Gasteiger partial charge >= 0.3 is 0 Å². The molecule has 0 N–H and O–H groups in total. The van der Waals surface area contributed by atoms with Gasteiger partial charge in [0, 0.05) is 8.95 Å². The Labute approximate surface area is 123 Å². The van der Waals surface area contributed by atoms with Crippen LogP contribution >= 0.6 is 31.9 Å². The van der Waals surface area contributed by atoms with Crippen LogP contribution in [0.2, 0.25) is 0 Å². The molecule has 0 bridgehead atoms. The van der Waals surface area contributed by atoms with Crippen LogP contribution in [-0.2, 0) is 4.79 Å². The van der Waals surface area contributed by atoms with Gasteiger partial charge in [-0.05, 0) is 47.0 Å². The Balaban J connectivity index is 2.54. The van der Waals surface area contributed by atoms with E-state index in [1.165, 1.54) is 0 Å². The van der Waals surface area contributed by atoms with Gasteiger partial charge in [0.1, 0.15) is 6.29 Å². The van der Waals surface area contributed by atoms with Gasteiger partial charge in [-0.25, -0.2) is 0 Å². The Bertz CT molecular complexity index is 555. The molecule has 0 aliphatic heterocycles. The summed E-state index contributed by atoms with van der Waals surface area (Å²) < 4.78 is 1.98. The van der Waals surface area contributed by atoms with Crippen LogP contribution in [0.25, 0.3) is 5.57 Å². The maximum absolute atomic E-state index is 10.8. The molecule has 2 rings (SSSR count). The first-order chi connectivity index (χ1) is 8.70. The Morgan fingerprint density at radius 1 is 0.889 bits per heavy atom. The van der Waals surface area contributed by atoms with Gasteiger partial charge in [0.15, 0.2) is 0 Å². The number of carbonyl (C=O) groups excluding carboxylic acids is 1. The second kappa shape index (κ2) is 6.12. The lowest BCUT2D eigenvalue weighted by Crippen LogP contribution is -1.89. The third-order valence-corrected chi connectivity index (χ3v) is 3.49. The highest BCUT2D eigenvalue weighted by atomic mass is 79.9. The van der Waals surface area contributed by atoms with Crippen LogP contribution in [0, 0.1) is 0 Å². The molecule has 18 heavy (non-hydrogen) atoms. The molecule has 3 heteroatoms. The Morgan fingerprint density at radius 2 is 1.39 bits per heavy atom. The van der Waals surface area contributed by atoms with Crippen LogP contribution in [0.15, 0.2) is 63.6 Å². The zero-order chi connectivity index (χ0) is 13.0. The number of rotatable bonds is 3. The maximum Gasteiger partial charge on any atom is 0.143 e. The molecule has 0 aliphatic rings. The molecule has 0 radical (unpaired) electrons. The second-order valence-corrected chi connectivity index (χ2v) is 5.57. The third-order valence-electron chi connectivity index (χ3n) is 2.51. The SMILES string of the molecule is O=CC=C(c1cccc(Br)c1)c1cccc(Br)c1. The minimum absolute atomic E-state index is 0.817. The molecule has 0 aliphatic carbocycles. The first-order valence-corrected chi connectivity index (χ1v) is 6.96. The fourth-order valence-electron chi connectivity index (χ4n) is 1.74. The number of halogens is 2. The van der Waals surface area contributed by atoms with Crippen molar-refractivity contribution in [3.05, 3.63) is 74.7 Å². The van der Waals surface area contributed by atoms with E-state index in [2.05, 4.69) is 31.9 Å². The number of allylic oxidation sites excluding steroid dienone is 1. The van der Waals surface area contributed by atoms with Gasteiger partial charge in [0.25, 0.3) is 0 Å². The summed E-state index contributed by atoms with van der Waals surface area (Å²) in [6.45, 7) is 0. The van der Waals surface area contributed by atoms with Crippen molar-refractivity contribution in [3.8, 4) is 0 Å². The van der Waals surface area contributed by atoms with Gasteiger partial charge < -0.3 is 0 Å². The van der Waals surface area contributed by atoms with Crippen molar-refractivity contribution in [2.75, 3.05) is 0 Å². The molecular formula is C15H10Br2O. The van der Waals surface area contributed by atoms with Gasteiger partial charge in [0.2, 0.25) is 0 Å². The molecule has 0 fully saturated rings. The number of hydrogen-bond donors (Lipinski definition) is 0. The normalized spacial score (nSPS) is 9.89. The zero-order valence-corrected chi connectivity index (χ0v) is 12.6. The lowest BCUT2D eigenvalue weighted by molar-refractivity contribution is -0.104. The van der Waals surface area contributed by atoms with Crippen molar-refractivity contribution in [1.82, 2.24) is 0 Å². The molecule has 0 saturated heterocycles. The minimum atomic E-state index is 0.817. The average Bonchev–Trinajstić information content (AvgIpc) is 2.36. The maximum atomic E-state index is 10.8. The first kappa shape index (κ1) is 13.2. The second-order valence-electron chi connectivity index (χ2n) is 3.74. The average molecular weight is 366 g/mol. The van der Waals surface area contributed by atoms with Crippen molar-refractivity contribution in [1.29, 1.82) is 0 Å². The number of benzene rings is 2.